The average molecular weight is 183 g/mol. The lowest BCUT2D eigenvalue weighted by Crippen LogP contribution is -2.36. The van der Waals surface area contributed by atoms with Crippen molar-refractivity contribution in [3.63, 3.8) is 0 Å². The summed E-state index contributed by atoms with van der Waals surface area (Å²) in [6.07, 6.45) is 1.28. The molecule has 0 heterocycles. The molecule has 1 aliphatic carbocycles. The molecule has 1 aliphatic rings. The number of hydrogen-bond acceptors (Lipinski definition) is 1. The number of guanidine groups is 1. The van der Waals surface area contributed by atoms with E-state index in [1.807, 2.05) is 0 Å². The molecule has 0 amide bonds. The minimum atomic E-state index is 0.371. The quantitative estimate of drug-likeness (QED) is 0.512. The average Bonchev–Trinajstić information content (AvgIpc) is 2.53. The van der Waals surface area contributed by atoms with E-state index in [2.05, 4.69) is 38.0 Å². The highest BCUT2D eigenvalue weighted by Gasteiger charge is 2.45. The van der Waals surface area contributed by atoms with Gasteiger partial charge in [0.1, 0.15) is 0 Å². The molecule has 13 heavy (non-hydrogen) atoms. The second-order valence-electron chi connectivity index (χ2n) is 4.91. The molecule has 1 fully saturated rings. The first-order valence-electron chi connectivity index (χ1n) is 4.98. The minimum Gasteiger partial charge on any atom is -0.370 e. The van der Waals surface area contributed by atoms with Crippen molar-refractivity contribution >= 4 is 5.96 Å². The molecule has 0 saturated heterocycles. The normalized spacial score (nSPS) is 26.2. The molecule has 0 spiro atoms. The fourth-order valence-corrected chi connectivity index (χ4v) is 1.44. The van der Waals surface area contributed by atoms with Gasteiger partial charge in [-0.1, -0.05) is 13.8 Å². The first-order valence-corrected chi connectivity index (χ1v) is 4.98. The fourth-order valence-electron chi connectivity index (χ4n) is 1.44. The van der Waals surface area contributed by atoms with Gasteiger partial charge in [0.05, 0.1) is 0 Å². The number of hydrogen-bond donors (Lipinski definition) is 2. The lowest BCUT2D eigenvalue weighted by Gasteiger charge is -2.08. The molecule has 0 aromatic heterocycles. The van der Waals surface area contributed by atoms with Gasteiger partial charge >= 0.3 is 0 Å². The molecule has 1 unspecified atom stereocenters. The van der Waals surface area contributed by atoms with Gasteiger partial charge in [0.25, 0.3) is 0 Å². The Morgan fingerprint density at radius 2 is 2.15 bits per heavy atom. The van der Waals surface area contributed by atoms with Gasteiger partial charge in [0.15, 0.2) is 5.96 Å². The van der Waals surface area contributed by atoms with Gasteiger partial charge in [0.2, 0.25) is 0 Å². The largest absolute Gasteiger partial charge is 0.370 e. The molecule has 76 valence electrons. The maximum absolute atomic E-state index is 5.68. The Kier molecular flexibility index (Phi) is 2.84. The second-order valence-corrected chi connectivity index (χ2v) is 4.91. The van der Waals surface area contributed by atoms with Crippen molar-refractivity contribution < 1.29 is 0 Å². The van der Waals surface area contributed by atoms with E-state index >= 15 is 0 Å². The summed E-state index contributed by atoms with van der Waals surface area (Å²) in [5.41, 5.74) is 6.18. The van der Waals surface area contributed by atoms with Crippen LogP contribution in [0.25, 0.3) is 0 Å². The first-order chi connectivity index (χ1) is 5.92. The number of nitrogens with two attached hydrogens (primary N) is 1. The highest BCUT2D eigenvalue weighted by Crippen LogP contribution is 2.51. The van der Waals surface area contributed by atoms with Gasteiger partial charge in [0, 0.05) is 12.6 Å². The van der Waals surface area contributed by atoms with Crippen molar-refractivity contribution in [2.24, 2.45) is 22.1 Å². The zero-order chi connectivity index (χ0) is 10.1. The van der Waals surface area contributed by atoms with Crippen LogP contribution < -0.4 is 11.1 Å². The predicted molar refractivity (Wildman–Crippen MR) is 56.6 cm³/mol. The molecule has 1 saturated carbocycles. The third kappa shape index (κ3) is 3.25. The Morgan fingerprint density at radius 3 is 2.54 bits per heavy atom. The van der Waals surface area contributed by atoms with Crippen LogP contribution in [-0.4, -0.2) is 18.5 Å². The second kappa shape index (κ2) is 3.56. The predicted octanol–water partition coefficient (Wildman–Crippen LogP) is 1.35. The standard InChI is InChI=1S/C10H21N3/c1-7(2)13-9(11)12-6-8-5-10(8,3)4/h7-8H,5-6H2,1-4H3,(H3,11,12,13). The van der Waals surface area contributed by atoms with E-state index in [-0.39, 0.29) is 0 Å². The Balaban J connectivity index is 2.24. The molecular formula is C10H21N3. The van der Waals surface area contributed by atoms with E-state index in [0.717, 1.165) is 12.5 Å². The third-order valence-electron chi connectivity index (χ3n) is 2.64. The molecule has 1 rings (SSSR count). The van der Waals surface area contributed by atoms with Crippen molar-refractivity contribution in [2.75, 3.05) is 6.54 Å². The summed E-state index contributed by atoms with van der Waals surface area (Å²) in [5, 5.41) is 3.08. The summed E-state index contributed by atoms with van der Waals surface area (Å²) in [5.74, 6) is 1.32. The Bertz CT molecular complexity index is 206. The molecule has 0 aliphatic heterocycles. The Labute approximate surface area is 80.8 Å². The van der Waals surface area contributed by atoms with Gasteiger partial charge in [-0.05, 0) is 31.6 Å². The van der Waals surface area contributed by atoms with E-state index in [0.29, 0.717) is 17.4 Å². The molecule has 3 heteroatoms. The summed E-state index contributed by atoms with van der Waals surface area (Å²) in [4.78, 5) is 4.31. The maximum atomic E-state index is 5.68. The van der Waals surface area contributed by atoms with Crippen LogP contribution >= 0.6 is 0 Å². The SMILES string of the molecule is CC(C)NC(N)=NCC1CC1(C)C. The fraction of sp³-hybridized carbons (Fsp3) is 0.900. The Hall–Kier alpha value is -0.730. The molecule has 0 bridgehead atoms. The summed E-state index contributed by atoms with van der Waals surface area (Å²) >= 11 is 0. The highest BCUT2D eigenvalue weighted by atomic mass is 15.1. The van der Waals surface area contributed by atoms with Crippen molar-refractivity contribution in [2.45, 2.75) is 40.2 Å². The number of aliphatic imine (C=N–C) groups is 1. The molecule has 0 radical (unpaired) electrons. The highest BCUT2D eigenvalue weighted by molar-refractivity contribution is 5.78. The minimum absolute atomic E-state index is 0.371. The van der Waals surface area contributed by atoms with Gasteiger partial charge in [-0.15, -0.1) is 0 Å². The lowest BCUT2D eigenvalue weighted by molar-refractivity contribution is 0.564. The van der Waals surface area contributed by atoms with Crippen molar-refractivity contribution in [1.82, 2.24) is 5.32 Å². The monoisotopic (exact) mass is 183 g/mol. The molecular weight excluding hydrogens is 162 g/mol. The first kappa shape index (κ1) is 10.4. The van der Waals surface area contributed by atoms with Gasteiger partial charge in [-0.2, -0.15) is 0 Å². The van der Waals surface area contributed by atoms with Gasteiger partial charge in [-0.3, -0.25) is 4.99 Å². The van der Waals surface area contributed by atoms with Crippen LogP contribution in [0.15, 0.2) is 4.99 Å². The van der Waals surface area contributed by atoms with Crippen molar-refractivity contribution in [1.29, 1.82) is 0 Å². The van der Waals surface area contributed by atoms with Crippen molar-refractivity contribution in [3.8, 4) is 0 Å². The number of nitrogens with zero attached hydrogens (tertiary/aromatic N) is 1. The molecule has 3 nitrogen and oxygen atoms in total. The maximum Gasteiger partial charge on any atom is 0.188 e. The van der Waals surface area contributed by atoms with E-state index < -0.39 is 0 Å². The van der Waals surface area contributed by atoms with Crippen LogP contribution in [0.1, 0.15) is 34.1 Å². The molecule has 0 aromatic carbocycles. The summed E-state index contributed by atoms with van der Waals surface area (Å²) in [6, 6.07) is 0.371. The molecule has 1 atom stereocenters. The van der Waals surface area contributed by atoms with Crippen LogP contribution in [-0.2, 0) is 0 Å². The van der Waals surface area contributed by atoms with E-state index in [9.17, 15) is 0 Å². The van der Waals surface area contributed by atoms with Crippen molar-refractivity contribution in [3.05, 3.63) is 0 Å². The van der Waals surface area contributed by atoms with E-state index in [1.54, 1.807) is 0 Å². The zero-order valence-electron chi connectivity index (χ0n) is 9.09. The zero-order valence-corrected chi connectivity index (χ0v) is 9.09. The van der Waals surface area contributed by atoms with Crippen LogP contribution in [0.4, 0.5) is 0 Å². The molecule has 3 N–H and O–H groups in total. The topological polar surface area (TPSA) is 50.4 Å². The van der Waals surface area contributed by atoms with Gasteiger partial charge < -0.3 is 11.1 Å². The third-order valence-corrected chi connectivity index (χ3v) is 2.64. The number of rotatable bonds is 3. The van der Waals surface area contributed by atoms with Crippen LogP contribution in [0, 0.1) is 11.3 Å². The lowest BCUT2D eigenvalue weighted by atomic mass is 10.1. The van der Waals surface area contributed by atoms with Crippen LogP contribution in [0.3, 0.4) is 0 Å². The van der Waals surface area contributed by atoms with E-state index in [4.69, 9.17) is 5.73 Å². The smallest absolute Gasteiger partial charge is 0.188 e. The molecule has 0 aromatic rings. The summed E-state index contributed by atoms with van der Waals surface area (Å²) < 4.78 is 0. The number of nitrogens with one attached hydrogen (secondary N) is 1. The van der Waals surface area contributed by atoms with Crippen LogP contribution in [0.2, 0.25) is 0 Å². The van der Waals surface area contributed by atoms with E-state index in [1.165, 1.54) is 6.42 Å². The summed E-state index contributed by atoms with van der Waals surface area (Å²) in [6.45, 7) is 9.55. The summed E-state index contributed by atoms with van der Waals surface area (Å²) in [7, 11) is 0. The van der Waals surface area contributed by atoms with Gasteiger partial charge in [-0.25, -0.2) is 0 Å². The van der Waals surface area contributed by atoms with Crippen LogP contribution in [0.5, 0.6) is 0 Å². The Morgan fingerprint density at radius 1 is 1.62 bits per heavy atom.